The summed E-state index contributed by atoms with van der Waals surface area (Å²) in [7, 11) is 0. The standard InChI is InChI=1S/C13H23NO3/c1-11(2,3)17-10(15)12-4-6-13(8-14,7-5-12)16-9-12/h4-9,14H2,1-3H3. The van der Waals surface area contributed by atoms with E-state index in [9.17, 15) is 4.79 Å². The number of hydrogen-bond donors (Lipinski definition) is 1. The average Bonchev–Trinajstić information content (AvgIpc) is 2.29. The van der Waals surface area contributed by atoms with E-state index in [1.54, 1.807) is 0 Å². The molecule has 0 radical (unpaired) electrons. The normalized spacial score (nSPS) is 36.9. The molecule has 0 aromatic rings. The quantitative estimate of drug-likeness (QED) is 0.746. The molecule has 0 aromatic carbocycles. The number of carbonyl (C=O) groups is 1. The van der Waals surface area contributed by atoms with Crippen molar-refractivity contribution in [2.75, 3.05) is 13.2 Å². The van der Waals surface area contributed by atoms with Gasteiger partial charge in [-0.3, -0.25) is 4.79 Å². The maximum absolute atomic E-state index is 12.3. The highest BCUT2D eigenvalue weighted by molar-refractivity contribution is 5.78. The maximum Gasteiger partial charge on any atom is 0.314 e. The number of nitrogens with two attached hydrogens (primary N) is 1. The molecule has 2 N–H and O–H groups in total. The SMILES string of the molecule is CC(C)(C)OC(=O)C12CCC(CN)(CC1)OC2. The Balaban J connectivity index is 2.06. The molecule has 1 saturated carbocycles. The minimum Gasteiger partial charge on any atom is -0.459 e. The Morgan fingerprint density at radius 1 is 1.29 bits per heavy atom. The minimum absolute atomic E-state index is 0.102. The van der Waals surface area contributed by atoms with Crippen LogP contribution in [0.4, 0.5) is 0 Å². The summed E-state index contributed by atoms with van der Waals surface area (Å²) in [5.74, 6) is -0.102. The molecule has 0 amide bonds. The van der Waals surface area contributed by atoms with E-state index in [1.807, 2.05) is 20.8 Å². The zero-order valence-electron chi connectivity index (χ0n) is 11.0. The van der Waals surface area contributed by atoms with Crippen LogP contribution in [0.25, 0.3) is 0 Å². The Morgan fingerprint density at radius 2 is 1.88 bits per heavy atom. The second-order valence-electron chi connectivity index (χ2n) is 6.46. The highest BCUT2D eigenvalue weighted by Crippen LogP contribution is 2.49. The Labute approximate surface area is 103 Å². The van der Waals surface area contributed by atoms with E-state index in [-0.39, 0.29) is 11.6 Å². The number of esters is 1. The lowest BCUT2D eigenvalue weighted by Crippen LogP contribution is -2.58. The molecule has 3 rings (SSSR count). The molecule has 0 aromatic heterocycles. The molecule has 2 bridgehead atoms. The van der Waals surface area contributed by atoms with Gasteiger partial charge in [-0.1, -0.05) is 0 Å². The van der Waals surface area contributed by atoms with Crippen LogP contribution in [-0.4, -0.2) is 30.3 Å². The first-order valence-electron chi connectivity index (χ1n) is 6.38. The molecule has 4 heteroatoms. The van der Waals surface area contributed by atoms with Crippen LogP contribution in [0, 0.1) is 5.41 Å². The van der Waals surface area contributed by atoms with Gasteiger partial charge in [0.2, 0.25) is 0 Å². The maximum atomic E-state index is 12.3. The predicted molar refractivity (Wildman–Crippen MR) is 64.5 cm³/mol. The summed E-state index contributed by atoms with van der Waals surface area (Å²) in [5, 5.41) is 0. The van der Waals surface area contributed by atoms with Gasteiger partial charge in [-0.05, 0) is 46.5 Å². The van der Waals surface area contributed by atoms with E-state index in [0.29, 0.717) is 13.2 Å². The smallest absolute Gasteiger partial charge is 0.314 e. The fourth-order valence-corrected chi connectivity index (χ4v) is 2.68. The Kier molecular flexibility index (Phi) is 2.99. The van der Waals surface area contributed by atoms with Crippen molar-refractivity contribution in [3.63, 3.8) is 0 Å². The van der Waals surface area contributed by atoms with Crippen molar-refractivity contribution in [3.05, 3.63) is 0 Å². The second kappa shape index (κ2) is 3.95. The predicted octanol–water partition coefficient (Wildman–Crippen LogP) is 1.62. The summed E-state index contributed by atoms with van der Waals surface area (Å²) < 4.78 is 11.3. The van der Waals surface area contributed by atoms with Crippen molar-refractivity contribution < 1.29 is 14.3 Å². The van der Waals surface area contributed by atoms with Crippen LogP contribution in [-0.2, 0) is 14.3 Å². The lowest BCUT2D eigenvalue weighted by atomic mass is 9.66. The number of ether oxygens (including phenoxy) is 2. The first-order chi connectivity index (χ1) is 7.81. The molecule has 0 spiro atoms. The van der Waals surface area contributed by atoms with Gasteiger partial charge in [0, 0.05) is 6.54 Å². The van der Waals surface area contributed by atoms with E-state index < -0.39 is 11.0 Å². The summed E-state index contributed by atoms with van der Waals surface area (Å²) in [6.45, 7) is 6.73. The van der Waals surface area contributed by atoms with Crippen molar-refractivity contribution in [1.82, 2.24) is 0 Å². The molecular formula is C13H23NO3. The van der Waals surface area contributed by atoms with Crippen LogP contribution < -0.4 is 5.73 Å². The fourth-order valence-electron chi connectivity index (χ4n) is 2.68. The third kappa shape index (κ3) is 2.33. The highest BCUT2D eigenvalue weighted by atomic mass is 16.6. The Morgan fingerprint density at radius 3 is 2.24 bits per heavy atom. The fraction of sp³-hybridized carbons (Fsp3) is 0.923. The van der Waals surface area contributed by atoms with Crippen molar-refractivity contribution in [2.45, 2.75) is 57.7 Å². The van der Waals surface area contributed by atoms with Crippen LogP contribution in [0.15, 0.2) is 0 Å². The minimum atomic E-state index is -0.425. The molecule has 3 fully saturated rings. The molecule has 4 nitrogen and oxygen atoms in total. The zero-order valence-corrected chi connectivity index (χ0v) is 11.0. The van der Waals surface area contributed by atoms with E-state index >= 15 is 0 Å². The summed E-state index contributed by atoms with van der Waals surface area (Å²) in [6.07, 6.45) is 3.45. The third-order valence-electron chi connectivity index (χ3n) is 3.98. The van der Waals surface area contributed by atoms with Gasteiger partial charge in [0.15, 0.2) is 0 Å². The van der Waals surface area contributed by atoms with Crippen LogP contribution in [0.2, 0.25) is 0 Å². The molecule has 0 unspecified atom stereocenters. The Bertz CT molecular complexity index is 295. The summed E-state index contributed by atoms with van der Waals surface area (Å²) in [4.78, 5) is 12.3. The van der Waals surface area contributed by atoms with Gasteiger partial charge >= 0.3 is 5.97 Å². The van der Waals surface area contributed by atoms with Crippen molar-refractivity contribution in [1.29, 1.82) is 0 Å². The lowest BCUT2D eigenvalue weighted by molar-refractivity contribution is -0.210. The first kappa shape index (κ1) is 12.8. The van der Waals surface area contributed by atoms with E-state index in [4.69, 9.17) is 15.2 Å². The monoisotopic (exact) mass is 241 g/mol. The zero-order chi connectivity index (χ0) is 12.7. The summed E-state index contributed by atoms with van der Waals surface area (Å²) >= 11 is 0. The van der Waals surface area contributed by atoms with Gasteiger partial charge in [-0.15, -0.1) is 0 Å². The summed E-state index contributed by atoms with van der Waals surface area (Å²) in [5.41, 5.74) is 4.75. The van der Waals surface area contributed by atoms with Crippen LogP contribution >= 0.6 is 0 Å². The van der Waals surface area contributed by atoms with Gasteiger partial charge in [0.1, 0.15) is 5.60 Å². The second-order valence-corrected chi connectivity index (χ2v) is 6.46. The molecule has 0 atom stereocenters. The lowest BCUT2D eigenvalue weighted by Gasteiger charge is -2.51. The third-order valence-corrected chi connectivity index (χ3v) is 3.98. The molecule has 1 aliphatic carbocycles. The van der Waals surface area contributed by atoms with Gasteiger partial charge in [-0.25, -0.2) is 0 Å². The van der Waals surface area contributed by atoms with Crippen LogP contribution in [0.3, 0.4) is 0 Å². The largest absolute Gasteiger partial charge is 0.459 e. The molecule has 2 saturated heterocycles. The number of hydrogen-bond acceptors (Lipinski definition) is 4. The molecule has 2 aliphatic heterocycles. The molecule has 2 heterocycles. The molecule has 3 aliphatic rings. The van der Waals surface area contributed by atoms with Gasteiger partial charge < -0.3 is 15.2 Å². The van der Waals surface area contributed by atoms with Crippen LogP contribution in [0.1, 0.15) is 46.5 Å². The average molecular weight is 241 g/mol. The van der Waals surface area contributed by atoms with Crippen molar-refractivity contribution >= 4 is 5.97 Å². The van der Waals surface area contributed by atoms with E-state index in [0.717, 1.165) is 25.7 Å². The molecule has 98 valence electrons. The molecule has 17 heavy (non-hydrogen) atoms. The highest BCUT2D eigenvalue weighted by Gasteiger charge is 2.54. The van der Waals surface area contributed by atoms with Crippen molar-refractivity contribution in [2.24, 2.45) is 11.1 Å². The van der Waals surface area contributed by atoms with Crippen LogP contribution in [0.5, 0.6) is 0 Å². The Hall–Kier alpha value is -0.610. The first-order valence-corrected chi connectivity index (χ1v) is 6.38. The van der Waals surface area contributed by atoms with E-state index in [2.05, 4.69) is 0 Å². The number of fused-ring (bicyclic) bond motifs is 3. The molecular weight excluding hydrogens is 218 g/mol. The van der Waals surface area contributed by atoms with Crippen molar-refractivity contribution in [3.8, 4) is 0 Å². The van der Waals surface area contributed by atoms with Gasteiger partial charge in [0.25, 0.3) is 0 Å². The van der Waals surface area contributed by atoms with Gasteiger partial charge in [0.05, 0.1) is 17.6 Å². The van der Waals surface area contributed by atoms with Gasteiger partial charge in [-0.2, -0.15) is 0 Å². The van der Waals surface area contributed by atoms with E-state index in [1.165, 1.54) is 0 Å². The number of rotatable bonds is 2. The topological polar surface area (TPSA) is 61.5 Å². The summed E-state index contributed by atoms with van der Waals surface area (Å²) in [6, 6.07) is 0. The number of carbonyl (C=O) groups excluding carboxylic acids is 1.